The molecule has 104 heavy (non-hydrogen) atoms. The molecule has 0 aliphatic carbocycles. The van der Waals surface area contributed by atoms with Crippen molar-refractivity contribution in [2.24, 2.45) is 0 Å². The van der Waals surface area contributed by atoms with Gasteiger partial charge in [-0.25, -0.2) is 9.13 Å². The number of unbranched alkanes of at least 4 members (excludes halogenated alkanes) is 21. The van der Waals surface area contributed by atoms with Crippen LogP contribution in [0, 0.1) is 0 Å². The number of carbonyl (C=O) groups excluding carboxylic acids is 4. The summed E-state index contributed by atoms with van der Waals surface area (Å²) in [7, 11) is -9.99. The Kier molecular flexibility index (Phi) is 72.0. The van der Waals surface area contributed by atoms with Crippen molar-refractivity contribution in [2.45, 2.75) is 316 Å². The van der Waals surface area contributed by atoms with E-state index < -0.39 is 97.5 Å². The molecular formula is C85H140O17P2. The third kappa shape index (κ3) is 74.9. The zero-order valence-corrected chi connectivity index (χ0v) is 66.4. The van der Waals surface area contributed by atoms with Crippen LogP contribution in [-0.2, 0) is 65.4 Å². The van der Waals surface area contributed by atoms with Gasteiger partial charge in [-0.2, -0.15) is 0 Å². The van der Waals surface area contributed by atoms with E-state index in [4.69, 9.17) is 37.0 Å². The molecule has 0 aliphatic rings. The van der Waals surface area contributed by atoms with Gasteiger partial charge in [0.05, 0.1) is 26.4 Å². The monoisotopic (exact) mass is 1490 g/mol. The van der Waals surface area contributed by atoms with Crippen molar-refractivity contribution in [1.29, 1.82) is 0 Å². The number of allylic oxidation sites excluding steroid dienone is 26. The maximum absolute atomic E-state index is 13.1. The van der Waals surface area contributed by atoms with Crippen LogP contribution in [0.2, 0.25) is 0 Å². The zero-order valence-electron chi connectivity index (χ0n) is 64.6. The van der Waals surface area contributed by atoms with Crippen LogP contribution in [-0.4, -0.2) is 96.7 Å². The van der Waals surface area contributed by atoms with Gasteiger partial charge in [0, 0.05) is 25.7 Å². The molecule has 0 radical (unpaired) electrons. The van der Waals surface area contributed by atoms with Gasteiger partial charge in [-0.3, -0.25) is 37.3 Å². The van der Waals surface area contributed by atoms with Gasteiger partial charge in [0.15, 0.2) is 12.2 Å². The van der Waals surface area contributed by atoms with E-state index in [0.29, 0.717) is 32.1 Å². The lowest BCUT2D eigenvalue weighted by molar-refractivity contribution is -0.161. The maximum Gasteiger partial charge on any atom is 0.472 e. The van der Waals surface area contributed by atoms with Gasteiger partial charge < -0.3 is 33.8 Å². The second kappa shape index (κ2) is 75.9. The lowest BCUT2D eigenvalue weighted by Gasteiger charge is -2.21. The zero-order chi connectivity index (χ0) is 76.0. The third-order valence-corrected chi connectivity index (χ3v) is 17.8. The van der Waals surface area contributed by atoms with E-state index in [1.54, 1.807) is 0 Å². The van der Waals surface area contributed by atoms with Crippen LogP contribution in [0.15, 0.2) is 158 Å². The molecule has 0 saturated heterocycles. The Morgan fingerprint density at radius 3 is 0.846 bits per heavy atom. The minimum Gasteiger partial charge on any atom is -0.462 e. The largest absolute Gasteiger partial charge is 0.472 e. The number of carbonyl (C=O) groups is 4. The third-order valence-electron chi connectivity index (χ3n) is 15.9. The Hall–Kier alpha value is -5.32. The van der Waals surface area contributed by atoms with E-state index in [0.717, 1.165) is 193 Å². The number of hydrogen-bond acceptors (Lipinski definition) is 15. The first-order valence-corrected chi connectivity index (χ1v) is 42.7. The van der Waals surface area contributed by atoms with E-state index in [-0.39, 0.29) is 25.7 Å². The van der Waals surface area contributed by atoms with Crippen LogP contribution in [0.3, 0.4) is 0 Å². The summed E-state index contributed by atoms with van der Waals surface area (Å²) in [6.45, 7) is 4.44. The Morgan fingerprint density at radius 2 is 0.529 bits per heavy atom. The van der Waals surface area contributed by atoms with Crippen molar-refractivity contribution in [2.75, 3.05) is 39.6 Å². The van der Waals surface area contributed by atoms with Crippen molar-refractivity contribution < 1.29 is 80.2 Å². The fourth-order valence-electron chi connectivity index (χ4n) is 9.96. The van der Waals surface area contributed by atoms with Crippen molar-refractivity contribution in [3.8, 4) is 0 Å². The number of rotatable bonds is 73. The summed E-state index contributed by atoms with van der Waals surface area (Å²) in [5, 5.41) is 10.6. The second-order valence-corrected chi connectivity index (χ2v) is 28.8. The average Bonchev–Trinajstić information content (AvgIpc) is 0.939. The summed E-state index contributed by atoms with van der Waals surface area (Å²) < 4.78 is 68.5. The molecule has 5 unspecified atom stereocenters. The molecule has 0 spiro atoms. The van der Waals surface area contributed by atoms with Crippen LogP contribution in [0.5, 0.6) is 0 Å². The standard InChI is InChI=1S/C85H140O17P2/c1-5-9-13-17-21-25-29-33-36-38-39-41-44-47-50-54-58-62-66-70-83(88)95-75-80(101-84(89)71-67-63-59-55-51-45-32-28-24-20-16-12-8-4)77-99-103(91,92)97-73-79(86)74-98-104(93,94)100-78-81(102-85(90)72-68-64-60-56-52-48-42-35-31-27-23-19-15-11-7-3)76-96-82(87)69-65-61-57-53-49-46-43-40-37-34-30-26-22-18-14-10-6-2/h9-10,13-14,16,20-23,25-28,32-37,39,41-43,46,53,57,79-81,86H,5-8,11-12,15,17-19,24,29-31,38,40,44-45,47-52,54-56,58-78H2,1-4H3,(H,91,92)(H,93,94)/b13-9-,14-10-,20-16-,25-21-,26-22-,27-23-,32-28-,36-33-,37-34-,41-39-,42-35-,46-43-,57-53-. The topological polar surface area (TPSA) is 237 Å². The van der Waals surface area contributed by atoms with E-state index in [9.17, 15) is 43.2 Å². The maximum atomic E-state index is 13.1. The molecule has 0 aromatic heterocycles. The second-order valence-electron chi connectivity index (χ2n) is 25.9. The summed E-state index contributed by atoms with van der Waals surface area (Å²) in [4.78, 5) is 73.0. The number of hydrogen-bond donors (Lipinski definition) is 3. The molecule has 0 fully saturated rings. The SMILES string of the molecule is CC/C=C\C/C=C\C/C=C\C/C=C\C/C=C\CCCC(=O)OCC(COP(=O)(O)OCC(O)COP(=O)(O)OCC(COC(=O)CCCCCCCC/C=C\C/C=C\C/C=C\C/C=C\CC)OC(=O)CCCCCCC/C=C\C/C=C\CCC)OC(=O)CCCCCCC/C=C\C/C=C\CCCCC. The van der Waals surface area contributed by atoms with Crippen LogP contribution < -0.4 is 0 Å². The van der Waals surface area contributed by atoms with Crippen molar-refractivity contribution in [1.82, 2.24) is 0 Å². The molecule has 19 heteroatoms. The van der Waals surface area contributed by atoms with Crippen molar-refractivity contribution in [3.05, 3.63) is 158 Å². The predicted molar refractivity (Wildman–Crippen MR) is 427 cm³/mol. The number of phosphoric acid groups is 2. The number of ether oxygens (including phenoxy) is 4. The first-order chi connectivity index (χ1) is 50.7. The van der Waals surface area contributed by atoms with Gasteiger partial charge in [0.1, 0.15) is 19.3 Å². The quantitative estimate of drug-likeness (QED) is 0.0169. The molecule has 0 saturated carbocycles. The predicted octanol–water partition coefficient (Wildman–Crippen LogP) is 23.2. The number of aliphatic hydroxyl groups excluding tert-OH is 1. The van der Waals surface area contributed by atoms with Crippen LogP contribution in [0.4, 0.5) is 0 Å². The van der Waals surface area contributed by atoms with Gasteiger partial charge in [0.2, 0.25) is 0 Å². The normalized spacial score (nSPS) is 14.7. The highest BCUT2D eigenvalue weighted by molar-refractivity contribution is 7.47. The summed E-state index contributed by atoms with van der Waals surface area (Å²) in [6.07, 6.45) is 88.0. The minimum atomic E-state index is -5.00. The first-order valence-electron chi connectivity index (χ1n) is 39.7. The van der Waals surface area contributed by atoms with Crippen LogP contribution >= 0.6 is 15.6 Å². The summed E-state index contributed by atoms with van der Waals surface area (Å²) in [6, 6.07) is 0. The molecule has 0 bridgehead atoms. The number of aliphatic hydroxyl groups is 1. The van der Waals surface area contributed by atoms with E-state index in [1.165, 1.54) is 19.3 Å². The number of phosphoric ester groups is 2. The highest BCUT2D eigenvalue weighted by Crippen LogP contribution is 2.45. The van der Waals surface area contributed by atoms with Crippen LogP contribution in [0.25, 0.3) is 0 Å². The molecule has 17 nitrogen and oxygen atoms in total. The fraction of sp³-hybridized carbons (Fsp3) is 0.647. The summed E-state index contributed by atoms with van der Waals surface area (Å²) >= 11 is 0. The Balaban J connectivity index is 5.43. The molecule has 0 heterocycles. The molecule has 0 aliphatic heterocycles. The summed E-state index contributed by atoms with van der Waals surface area (Å²) in [5.41, 5.74) is 0. The fourth-order valence-corrected chi connectivity index (χ4v) is 11.5. The molecule has 0 amide bonds. The van der Waals surface area contributed by atoms with Gasteiger partial charge >= 0.3 is 39.5 Å². The van der Waals surface area contributed by atoms with Crippen LogP contribution in [0.1, 0.15) is 297 Å². The minimum absolute atomic E-state index is 0.0617. The van der Waals surface area contributed by atoms with E-state index in [2.05, 4.69) is 174 Å². The molecular weight excluding hydrogens is 1350 g/mol. The molecule has 5 atom stereocenters. The van der Waals surface area contributed by atoms with Gasteiger partial charge in [-0.05, 0) is 161 Å². The Labute approximate surface area is 629 Å². The average molecular weight is 1500 g/mol. The number of esters is 4. The lowest BCUT2D eigenvalue weighted by atomic mass is 10.1. The van der Waals surface area contributed by atoms with Gasteiger partial charge in [-0.15, -0.1) is 0 Å². The highest BCUT2D eigenvalue weighted by atomic mass is 31.2. The van der Waals surface area contributed by atoms with E-state index in [1.807, 2.05) is 12.2 Å². The van der Waals surface area contributed by atoms with Crippen molar-refractivity contribution in [3.63, 3.8) is 0 Å². The van der Waals surface area contributed by atoms with E-state index >= 15 is 0 Å². The Bertz CT molecular complexity index is 2590. The summed E-state index contributed by atoms with van der Waals surface area (Å²) in [5.74, 6) is -2.30. The van der Waals surface area contributed by atoms with Gasteiger partial charge in [-0.1, -0.05) is 269 Å². The first kappa shape index (κ1) is 98.7. The molecule has 592 valence electrons. The smallest absolute Gasteiger partial charge is 0.462 e. The molecule has 0 aromatic rings. The Morgan fingerprint density at radius 1 is 0.279 bits per heavy atom. The molecule has 0 aromatic carbocycles. The molecule has 0 rings (SSSR count). The highest BCUT2D eigenvalue weighted by Gasteiger charge is 2.30. The molecule has 3 N–H and O–H groups in total. The van der Waals surface area contributed by atoms with Crippen molar-refractivity contribution >= 4 is 39.5 Å². The lowest BCUT2D eigenvalue weighted by Crippen LogP contribution is -2.30. The van der Waals surface area contributed by atoms with Gasteiger partial charge in [0.25, 0.3) is 0 Å².